The van der Waals surface area contributed by atoms with Gasteiger partial charge in [-0.25, -0.2) is 0 Å². The second-order valence-electron chi connectivity index (χ2n) is 5.38. The van der Waals surface area contributed by atoms with Crippen molar-refractivity contribution >= 4 is 15.9 Å². The van der Waals surface area contributed by atoms with Crippen molar-refractivity contribution in [2.24, 2.45) is 0 Å². The molecule has 122 valence electrons. The van der Waals surface area contributed by atoms with Crippen LogP contribution in [0.4, 0.5) is 0 Å². The number of allylic oxidation sites excluding steroid dienone is 1. The molecule has 3 heteroatoms. The summed E-state index contributed by atoms with van der Waals surface area (Å²) in [5.41, 5.74) is 2.26. The lowest BCUT2D eigenvalue weighted by molar-refractivity contribution is 0.300. The summed E-state index contributed by atoms with van der Waals surface area (Å²) in [6.07, 6.45) is 4.91. The lowest BCUT2D eigenvalue weighted by atomic mass is 10.1. The third-order valence-electron chi connectivity index (χ3n) is 3.47. The Bertz CT molecular complexity index is 620. The van der Waals surface area contributed by atoms with Gasteiger partial charge in [0.15, 0.2) is 0 Å². The average Bonchev–Trinajstić information content (AvgIpc) is 2.56. The van der Waals surface area contributed by atoms with Crippen molar-refractivity contribution in [1.29, 1.82) is 0 Å². The van der Waals surface area contributed by atoms with Crippen molar-refractivity contribution in [3.8, 4) is 11.5 Å². The zero-order valence-electron chi connectivity index (χ0n) is 13.6. The summed E-state index contributed by atoms with van der Waals surface area (Å²) < 4.78 is 12.7. The first-order valence-corrected chi connectivity index (χ1v) is 8.76. The van der Waals surface area contributed by atoms with Gasteiger partial charge in [0.05, 0.1) is 6.61 Å². The van der Waals surface area contributed by atoms with Gasteiger partial charge in [0.1, 0.15) is 18.1 Å². The van der Waals surface area contributed by atoms with Crippen LogP contribution >= 0.6 is 15.9 Å². The molecule has 0 atom stereocenters. The van der Waals surface area contributed by atoms with E-state index in [0.717, 1.165) is 53.0 Å². The van der Waals surface area contributed by atoms with Crippen LogP contribution in [0.25, 0.3) is 0 Å². The van der Waals surface area contributed by atoms with Crippen LogP contribution in [-0.4, -0.2) is 6.61 Å². The topological polar surface area (TPSA) is 18.5 Å². The molecule has 0 saturated carbocycles. The molecule has 0 aliphatic carbocycles. The summed E-state index contributed by atoms with van der Waals surface area (Å²) in [5, 5.41) is 0. The van der Waals surface area contributed by atoms with E-state index < -0.39 is 0 Å². The standard InChI is InChI=1S/C20H23BrO2/c1-3-5-13-22-19-10-7-16(8-11-19)15-23-20-12-9-18(21)14-17(20)6-4-2/h4,7-12,14H,2-3,5-6,13,15H2,1H3. The predicted octanol–water partition coefficient (Wildman–Crippen LogP) is 5.94. The Morgan fingerprint density at radius 1 is 1.09 bits per heavy atom. The fourth-order valence-corrected chi connectivity index (χ4v) is 2.59. The molecule has 2 rings (SSSR count). The number of rotatable bonds is 9. The van der Waals surface area contributed by atoms with Crippen LogP contribution in [0.3, 0.4) is 0 Å². The Labute approximate surface area is 147 Å². The van der Waals surface area contributed by atoms with Crippen molar-refractivity contribution < 1.29 is 9.47 Å². The molecule has 23 heavy (non-hydrogen) atoms. The minimum absolute atomic E-state index is 0.543. The summed E-state index contributed by atoms with van der Waals surface area (Å²) in [6.45, 7) is 7.28. The molecule has 2 aromatic rings. The highest BCUT2D eigenvalue weighted by Crippen LogP contribution is 2.25. The van der Waals surface area contributed by atoms with Gasteiger partial charge in [-0.2, -0.15) is 0 Å². The van der Waals surface area contributed by atoms with Crippen LogP contribution in [0.2, 0.25) is 0 Å². The Hall–Kier alpha value is -1.74. The molecule has 0 N–H and O–H groups in total. The number of ether oxygens (including phenoxy) is 2. The van der Waals surface area contributed by atoms with Gasteiger partial charge in [0.2, 0.25) is 0 Å². The number of hydrogen-bond donors (Lipinski definition) is 0. The number of halogens is 1. The van der Waals surface area contributed by atoms with Gasteiger partial charge in [-0.1, -0.05) is 47.5 Å². The zero-order chi connectivity index (χ0) is 16.5. The van der Waals surface area contributed by atoms with Crippen LogP contribution in [0.15, 0.2) is 59.6 Å². The van der Waals surface area contributed by atoms with Gasteiger partial charge in [0, 0.05) is 4.47 Å². The van der Waals surface area contributed by atoms with E-state index in [2.05, 4.69) is 35.5 Å². The number of unbranched alkanes of at least 4 members (excludes halogenated alkanes) is 1. The summed E-state index contributed by atoms with van der Waals surface area (Å²) in [6, 6.07) is 14.2. The second kappa shape index (κ2) is 9.41. The largest absolute Gasteiger partial charge is 0.494 e. The van der Waals surface area contributed by atoms with Crippen LogP contribution in [0, 0.1) is 0 Å². The maximum absolute atomic E-state index is 5.96. The molecule has 2 nitrogen and oxygen atoms in total. The first-order chi connectivity index (χ1) is 11.2. The van der Waals surface area contributed by atoms with Gasteiger partial charge in [-0.15, -0.1) is 6.58 Å². The third kappa shape index (κ3) is 5.76. The third-order valence-corrected chi connectivity index (χ3v) is 3.96. The van der Waals surface area contributed by atoms with E-state index >= 15 is 0 Å². The Kier molecular flexibility index (Phi) is 7.21. The zero-order valence-corrected chi connectivity index (χ0v) is 15.1. The number of hydrogen-bond acceptors (Lipinski definition) is 2. The Balaban J connectivity index is 1.94. The predicted molar refractivity (Wildman–Crippen MR) is 99.2 cm³/mol. The van der Waals surface area contributed by atoms with Gasteiger partial charge in [-0.3, -0.25) is 0 Å². The van der Waals surface area contributed by atoms with Crippen molar-refractivity contribution in [3.63, 3.8) is 0 Å². The molecule has 2 aromatic carbocycles. The summed E-state index contributed by atoms with van der Waals surface area (Å²) in [4.78, 5) is 0. The molecule has 0 aliphatic heterocycles. The van der Waals surface area contributed by atoms with Crippen LogP contribution in [0.1, 0.15) is 30.9 Å². The molecule has 0 bridgehead atoms. The fourth-order valence-electron chi connectivity index (χ4n) is 2.18. The molecule has 0 amide bonds. The van der Waals surface area contributed by atoms with E-state index in [4.69, 9.17) is 9.47 Å². The molecule has 0 spiro atoms. The van der Waals surface area contributed by atoms with Gasteiger partial charge in [0.25, 0.3) is 0 Å². The van der Waals surface area contributed by atoms with Crippen LogP contribution in [0.5, 0.6) is 11.5 Å². The van der Waals surface area contributed by atoms with Crippen LogP contribution < -0.4 is 9.47 Å². The van der Waals surface area contributed by atoms with E-state index in [9.17, 15) is 0 Å². The molecule has 0 saturated heterocycles. The van der Waals surface area contributed by atoms with E-state index in [1.807, 2.05) is 42.5 Å². The summed E-state index contributed by atoms with van der Waals surface area (Å²) in [7, 11) is 0. The van der Waals surface area contributed by atoms with E-state index in [1.165, 1.54) is 0 Å². The highest BCUT2D eigenvalue weighted by atomic mass is 79.9. The van der Waals surface area contributed by atoms with Gasteiger partial charge < -0.3 is 9.47 Å². The molecule has 0 aliphatic rings. The lowest BCUT2D eigenvalue weighted by Gasteiger charge is -2.12. The van der Waals surface area contributed by atoms with Crippen molar-refractivity contribution in [2.75, 3.05) is 6.61 Å². The Morgan fingerprint density at radius 2 is 1.87 bits per heavy atom. The maximum Gasteiger partial charge on any atom is 0.123 e. The van der Waals surface area contributed by atoms with Crippen molar-refractivity contribution in [1.82, 2.24) is 0 Å². The minimum atomic E-state index is 0.543. The smallest absolute Gasteiger partial charge is 0.123 e. The first kappa shape index (κ1) is 17.6. The van der Waals surface area contributed by atoms with Crippen molar-refractivity contribution in [2.45, 2.75) is 32.8 Å². The first-order valence-electron chi connectivity index (χ1n) is 7.96. The maximum atomic E-state index is 5.96. The number of benzene rings is 2. The van der Waals surface area contributed by atoms with Gasteiger partial charge in [-0.05, 0) is 54.3 Å². The SMILES string of the molecule is C=CCc1cc(Br)ccc1OCc1ccc(OCCCC)cc1. The molecule has 0 radical (unpaired) electrons. The molecular formula is C20H23BrO2. The molecule has 0 aromatic heterocycles. The van der Waals surface area contributed by atoms with Gasteiger partial charge >= 0.3 is 0 Å². The molecule has 0 heterocycles. The monoisotopic (exact) mass is 374 g/mol. The van der Waals surface area contributed by atoms with E-state index in [0.29, 0.717) is 6.61 Å². The normalized spacial score (nSPS) is 10.3. The Morgan fingerprint density at radius 3 is 2.57 bits per heavy atom. The summed E-state index contributed by atoms with van der Waals surface area (Å²) in [5.74, 6) is 1.81. The minimum Gasteiger partial charge on any atom is -0.494 e. The molecule has 0 unspecified atom stereocenters. The van der Waals surface area contributed by atoms with E-state index in [1.54, 1.807) is 0 Å². The quantitative estimate of drug-likeness (QED) is 0.399. The molecular weight excluding hydrogens is 352 g/mol. The average molecular weight is 375 g/mol. The lowest BCUT2D eigenvalue weighted by Crippen LogP contribution is -1.99. The van der Waals surface area contributed by atoms with E-state index in [-0.39, 0.29) is 0 Å². The highest BCUT2D eigenvalue weighted by Gasteiger charge is 2.04. The summed E-state index contributed by atoms with van der Waals surface area (Å²) >= 11 is 3.49. The fraction of sp³-hybridized carbons (Fsp3) is 0.300. The molecule has 0 fully saturated rings. The van der Waals surface area contributed by atoms with Crippen molar-refractivity contribution in [3.05, 3.63) is 70.7 Å². The highest BCUT2D eigenvalue weighted by molar-refractivity contribution is 9.10. The second-order valence-corrected chi connectivity index (χ2v) is 6.30. The van der Waals surface area contributed by atoms with Crippen LogP contribution in [-0.2, 0) is 13.0 Å².